The highest BCUT2D eigenvalue weighted by atomic mass is 16.9. The highest BCUT2D eigenvalue weighted by Crippen LogP contribution is 2.50. The van der Waals surface area contributed by atoms with Crippen molar-refractivity contribution in [2.45, 2.75) is 109 Å². The van der Waals surface area contributed by atoms with E-state index >= 15 is 0 Å². The first-order valence-corrected chi connectivity index (χ1v) is 10.0. The summed E-state index contributed by atoms with van der Waals surface area (Å²) < 4.78 is 10.6. The van der Waals surface area contributed by atoms with Crippen LogP contribution in [-0.4, -0.2) is 30.1 Å². The Bertz CT molecular complexity index is 400. The summed E-state index contributed by atoms with van der Waals surface area (Å²) >= 11 is 0. The minimum atomic E-state index is -0.198. The number of epoxide rings is 2. The van der Waals surface area contributed by atoms with Gasteiger partial charge in [0.2, 0.25) is 5.79 Å². The molecule has 4 nitrogen and oxygen atoms in total. The second-order valence-corrected chi connectivity index (χ2v) is 7.40. The average molecular weight is 338 g/mol. The van der Waals surface area contributed by atoms with E-state index in [1.165, 1.54) is 19.3 Å². The van der Waals surface area contributed by atoms with E-state index in [9.17, 15) is 9.59 Å². The number of hydrogen-bond acceptors (Lipinski definition) is 4. The SMILES string of the molecule is CCCCCCC(=O)CCCCCCC(=O)CCCC1OC12CO2. The van der Waals surface area contributed by atoms with Crippen molar-refractivity contribution in [3.05, 3.63) is 0 Å². The Morgan fingerprint density at radius 2 is 1.33 bits per heavy atom. The number of ketones is 2. The van der Waals surface area contributed by atoms with Gasteiger partial charge in [-0.15, -0.1) is 0 Å². The molecular formula is C20H34O4. The van der Waals surface area contributed by atoms with Gasteiger partial charge in [-0.2, -0.15) is 0 Å². The lowest BCUT2D eigenvalue weighted by Gasteiger charge is -2.02. The van der Waals surface area contributed by atoms with Crippen LogP contribution in [0.1, 0.15) is 96.8 Å². The van der Waals surface area contributed by atoms with Gasteiger partial charge in [0.05, 0.1) is 0 Å². The molecule has 2 aliphatic rings. The van der Waals surface area contributed by atoms with Crippen LogP contribution in [0, 0.1) is 0 Å². The molecule has 0 aromatic heterocycles. The second-order valence-electron chi connectivity index (χ2n) is 7.40. The van der Waals surface area contributed by atoms with Gasteiger partial charge in [-0.3, -0.25) is 9.59 Å². The molecule has 0 N–H and O–H groups in total. The van der Waals surface area contributed by atoms with Gasteiger partial charge in [-0.25, -0.2) is 0 Å². The molecular weight excluding hydrogens is 304 g/mol. The zero-order chi connectivity index (χ0) is 17.3. The number of Topliss-reactive ketones (excluding diaryl/α,β-unsaturated/α-hetero) is 2. The maximum atomic E-state index is 11.8. The van der Waals surface area contributed by atoms with Gasteiger partial charge in [0.1, 0.15) is 24.3 Å². The third kappa shape index (κ3) is 7.43. The van der Waals surface area contributed by atoms with Gasteiger partial charge in [-0.05, 0) is 32.1 Å². The number of ether oxygens (including phenoxy) is 2. The first-order chi connectivity index (χ1) is 11.7. The number of carbonyl (C=O) groups excluding carboxylic acids is 2. The molecule has 2 atom stereocenters. The van der Waals surface area contributed by atoms with Crippen LogP contribution in [-0.2, 0) is 19.1 Å². The molecule has 2 aliphatic heterocycles. The summed E-state index contributed by atoms with van der Waals surface area (Å²) in [6, 6.07) is 0. The molecule has 2 unspecified atom stereocenters. The predicted octanol–water partition coefficient (Wildman–Crippen LogP) is 4.73. The van der Waals surface area contributed by atoms with E-state index in [2.05, 4.69) is 6.92 Å². The summed E-state index contributed by atoms with van der Waals surface area (Å²) in [5.74, 6) is 0.589. The molecule has 0 bridgehead atoms. The van der Waals surface area contributed by atoms with E-state index < -0.39 is 0 Å². The van der Waals surface area contributed by atoms with Crippen molar-refractivity contribution in [1.82, 2.24) is 0 Å². The highest BCUT2D eigenvalue weighted by Gasteiger charge is 2.68. The van der Waals surface area contributed by atoms with Crippen LogP contribution >= 0.6 is 0 Å². The van der Waals surface area contributed by atoms with Gasteiger partial charge >= 0.3 is 0 Å². The normalized spacial score (nSPS) is 24.3. The molecule has 1 spiro atoms. The van der Waals surface area contributed by atoms with Crippen LogP contribution in [0.15, 0.2) is 0 Å². The summed E-state index contributed by atoms with van der Waals surface area (Å²) in [7, 11) is 0. The van der Waals surface area contributed by atoms with Crippen molar-refractivity contribution in [3.63, 3.8) is 0 Å². The molecule has 2 fully saturated rings. The van der Waals surface area contributed by atoms with Gasteiger partial charge in [0, 0.05) is 25.7 Å². The lowest BCUT2D eigenvalue weighted by atomic mass is 10.0. The zero-order valence-electron chi connectivity index (χ0n) is 15.3. The van der Waals surface area contributed by atoms with Crippen molar-refractivity contribution in [2.24, 2.45) is 0 Å². The quantitative estimate of drug-likeness (QED) is 0.301. The minimum absolute atomic E-state index is 0.198. The van der Waals surface area contributed by atoms with E-state index in [0.717, 1.165) is 64.4 Å². The number of unbranched alkanes of at least 4 members (excludes halogenated alkanes) is 6. The fourth-order valence-electron chi connectivity index (χ4n) is 3.29. The standard InChI is InChI=1S/C20H34O4/c1-2-3-4-7-11-17(21)12-8-5-6-9-13-18(22)14-10-15-19-20(24-19)16-23-20/h19H,2-16H2,1H3. The van der Waals surface area contributed by atoms with E-state index in [1.807, 2.05) is 0 Å². The molecule has 24 heavy (non-hydrogen) atoms. The summed E-state index contributed by atoms with van der Waals surface area (Å²) in [5.41, 5.74) is 0. The van der Waals surface area contributed by atoms with E-state index in [1.54, 1.807) is 0 Å². The lowest BCUT2D eigenvalue weighted by Crippen LogP contribution is -2.01. The van der Waals surface area contributed by atoms with Gasteiger partial charge in [-0.1, -0.05) is 39.0 Å². The molecule has 0 saturated carbocycles. The van der Waals surface area contributed by atoms with Crippen LogP contribution in [0.4, 0.5) is 0 Å². The van der Waals surface area contributed by atoms with Crippen LogP contribution in [0.2, 0.25) is 0 Å². The van der Waals surface area contributed by atoms with Crippen molar-refractivity contribution in [1.29, 1.82) is 0 Å². The Morgan fingerprint density at radius 3 is 1.79 bits per heavy atom. The molecule has 2 saturated heterocycles. The summed E-state index contributed by atoms with van der Waals surface area (Å²) in [5, 5.41) is 0. The smallest absolute Gasteiger partial charge is 0.219 e. The maximum absolute atomic E-state index is 11.8. The van der Waals surface area contributed by atoms with Crippen LogP contribution in [0.3, 0.4) is 0 Å². The lowest BCUT2D eigenvalue weighted by molar-refractivity contribution is -0.120. The van der Waals surface area contributed by atoms with Crippen LogP contribution in [0.25, 0.3) is 0 Å². The fraction of sp³-hybridized carbons (Fsp3) is 0.900. The number of rotatable bonds is 16. The summed E-state index contributed by atoms with van der Waals surface area (Å²) in [6.07, 6.45) is 13.8. The Kier molecular flexibility index (Phi) is 8.40. The van der Waals surface area contributed by atoms with Gasteiger partial charge < -0.3 is 9.47 Å². The molecule has 2 rings (SSSR count). The average Bonchev–Trinajstić information content (AvgIpc) is 3.48. The van der Waals surface area contributed by atoms with Gasteiger partial charge in [0.25, 0.3) is 0 Å². The fourth-order valence-corrected chi connectivity index (χ4v) is 3.29. The van der Waals surface area contributed by atoms with Crippen LogP contribution < -0.4 is 0 Å². The highest BCUT2D eigenvalue weighted by molar-refractivity contribution is 5.78. The summed E-state index contributed by atoms with van der Waals surface area (Å²) in [6.45, 7) is 2.93. The second kappa shape index (κ2) is 10.3. The third-order valence-corrected chi connectivity index (χ3v) is 5.10. The zero-order valence-corrected chi connectivity index (χ0v) is 15.3. The Labute approximate surface area is 146 Å². The Hall–Kier alpha value is -0.740. The van der Waals surface area contributed by atoms with Crippen molar-refractivity contribution >= 4 is 11.6 Å². The predicted molar refractivity (Wildman–Crippen MR) is 93.9 cm³/mol. The first-order valence-electron chi connectivity index (χ1n) is 10.0. The number of hydrogen-bond donors (Lipinski definition) is 0. The largest absolute Gasteiger partial charge is 0.340 e. The maximum Gasteiger partial charge on any atom is 0.219 e. The topological polar surface area (TPSA) is 59.2 Å². The van der Waals surface area contributed by atoms with E-state index in [0.29, 0.717) is 24.4 Å². The van der Waals surface area contributed by atoms with Crippen molar-refractivity contribution in [2.75, 3.05) is 6.61 Å². The molecule has 0 aromatic carbocycles. The van der Waals surface area contributed by atoms with Gasteiger partial charge in [0.15, 0.2) is 0 Å². The molecule has 138 valence electrons. The molecule has 4 heteroatoms. The van der Waals surface area contributed by atoms with Crippen molar-refractivity contribution < 1.29 is 19.1 Å². The molecule has 0 aromatic rings. The van der Waals surface area contributed by atoms with E-state index in [-0.39, 0.29) is 11.9 Å². The van der Waals surface area contributed by atoms with Crippen LogP contribution in [0.5, 0.6) is 0 Å². The Morgan fingerprint density at radius 1 is 0.833 bits per heavy atom. The Balaban J connectivity index is 1.31. The monoisotopic (exact) mass is 338 g/mol. The molecule has 0 aliphatic carbocycles. The molecule has 0 radical (unpaired) electrons. The first kappa shape index (κ1) is 19.6. The molecule has 2 heterocycles. The minimum Gasteiger partial charge on any atom is -0.340 e. The van der Waals surface area contributed by atoms with E-state index in [4.69, 9.17) is 9.47 Å². The number of carbonyl (C=O) groups is 2. The third-order valence-electron chi connectivity index (χ3n) is 5.10. The molecule has 0 amide bonds. The summed E-state index contributed by atoms with van der Waals surface area (Å²) in [4.78, 5) is 23.5. The van der Waals surface area contributed by atoms with Crippen molar-refractivity contribution in [3.8, 4) is 0 Å².